The van der Waals surface area contributed by atoms with Crippen LogP contribution >= 0.6 is 0 Å². The van der Waals surface area contributed by atoms with Gasteiger partial charge in [0.05, 0.1) is 12.4 Å². The number of hydrogen-bond acceptors (Lipinski definition) is 4. The average Bonchev–Trinajstić information content (AvgIpc) is 2.31. The van der Waals surface area contributed by atoms with E-state index in [2.05, 4.69) is 20.6 Å². The van der Waals surface area contributed by atoms with Crippen molar-refractivity contribution in [3.05, 3.63) is 12.4 Å². The first-order chi connectivity index (χ1) is 7.65. The molecule has 1 heterocycles. The Morgan fingerprint density at radius 2 is 1.38 bits per heavy atom. The Balaban J connectivity index is 2.60. The van der Waals surface area contributed by atoms with E-state index in [0.717, 1.165) is 0 Å². The van der Waals surface area contributed by atoms with E-state index in [1.807, 2.05) is 0 Å². The van der Waals surface area contributed by atoms with Gasteiger partial charge in [0, 0.05) is 12.8 Å². The van der Waals surface area contributed by atoms with Crippen LogP contribution in [0, 0.1) is 0 Å². The van der Waals surface area contributed by atoms with Crippen molar-refractivity contribution in [3.8, 4) is 0 Å². The van der Waals surface area contributed by atoms with Crippen LogP contribution in [0.25, 0.3) is 0 Å². The van der Waals surface area contributed by atoms with E-state index in [-0.39, 0.29) is 11.8 Å². The van der Waals surface area contributed by atoms with Crippen molar-refractivity contribution in [2.75, 3.05) is 10.6 Å². The molecule has 0 spiro atoms. The van der Waals surface area contributed by atoms with Gasteiger partial charge in [-0.2, -0.15) is 0 Å². The summed E-state index contributed by atoms with van der Waals surface area (Å²) in [5, 5.41) is 5.12. The summed E-state index contributed by atoms with van der Waals surface area (Å²) in [6, 6.07) is 0. The lowest BCUT2D eigenvalue weighted by Crippen LogP contribution is -2.13. The first kappa shape index (κ1) is 12.1. The molecule has 0 aliphatic carbocycles. The molecular weight excluding hydrogens is 208 g/mol. The summed E-state index contributed by atoms with van der Waals surface area (Å²) in [5.41, 5.74) is 0. The Labute approximate surface area is 93.5 Å². The average molecular weight is 222 g/mol. The van der Waals surface area contributed by atoms with Crippen LogP contribution in [0.5, 0.6) is 0 Å². The molecule has 0 atom stereocenters. The number of aromatic nitrogens is 2. The van der Waals surface area contributed by atoms with Crippen LogP contribution in [0.1, 0.15) is 26.7 Å². The van der Waals surface area contributed by atoms with Gasteiger partial charge in [0.15, 0.2) is 11.6 Å². The summed E-state index contributed by atoms with van der Waals surface area (Å²) in [4.78, 5) is 30.0. The van der Waals surface area contributed by atoms with Crippen LogP contribution in [0.2, 0.25) is 0 Å². The Morgan fingerprint density at radius 3 is 1.62 bits per heavy atom. The van der Waals surface area contributed by atoms with Crippen molar-refractivity contribution in [1.29, 1.82) is 0 Å². The maximum absolute atomic E-state index is 11.0. The smallest absolute Gasteiger partial charge is 0.225 e. The second-order valence-electron chi connectivity index (χ2n) is 3.09. The van der Waals surface area contributed by atoms with Crippen molar-refractivity contribution in [3.63, 3.8) is 0 Å². The fraction of sp³-hybridized carbons (Fsp3) is 0.400. The zero-order valence-electron chi connectivity index (χ0n) is 9.28. The van der Waals surface area contributed by atoms with Gasteiger partial charge in [-0.1, -0.05) is 13.8 Å². The van der Waals surface area contributed by atoms with Gasteiger partial charge < -0.3 is 10.6 Å². The molecule has 0 aliphatic rings. The van der Waals surface area contributed by atoms with Crippen molar-refractivity contribution >= 4 is 23.5 Å². The molecule has 0 unspecified atom stereocenters. The van der Waals surface area contributed by atoms with Crippen LogP contribution in [-0.2, 0) is 9.59 Å². The molecule has 86 valence electrons. The van der Waals surface area contributed by atoms with Gasteiger partial charge in [-0.05, 0) is 0 Å². The van der Waals surface area contributed by atoms with Gasteiger partial charge in [-0.3, -0.25) is 9.59 Å². The molecule has 0 saturated carbocycles. The van der Waals surface area contributed by atoms with Crippen molar-refractivity contribution in [2.45, 2.75) is 26.7 Å². The highest BCUT2D eigenvalue weighted by atomic mass is 16.2. The van der Waals surface area contributed by atoms with E-state index < -0.39 is 0 Å². The number of hydrogen-bond donors (Lipinski definition) is 2. The standard InChI is InChI=1S/C10H14N4O2/c1-3-9(15)13-7-5-12-8(6-11-7)14-10(16)4-2/h5-6H,3-4H2,1-2H3,(H,11,13,15)(H,12,14,16). The SMILES string of the molecule is CCC(=O)Nc1cnc(NC(=O)CC)cn1. The maximum atomic E-state index is 11.0. The zero-order chi connectivity index (χ0) is 12.0. The van der Waals surface area contributed by atoms with E-state index in [0.29, 0.717) is 24.5 Å². The molecule has 16 heavy (non-hydrogen) atoms. The summed E-state index contributed by atoms with van der Waals surface area (Å²) in [6.07, 6.45) is 3.57. The second kappa shape index (κ2) is 5.79. The molecule has 6 nitrogen and oxygen atoms in total. The largest absolute Gasteiger partial charge is 0.309 e. The number of rotatable bonds is 4. The van der Waals surface area contributed by atoms with E-state index in [9.17, 15) is 9.59 Å². The molecular formula is C10H14N4O2. The molecule has 6 heteroatoms. The zero-order valence-corrected chi connectivity index (χ0v) is 9.28. The Morgan fingerprint density at radius 1 is 1.00 bits per heavy atom. The summed E-state index contributed by atoms with van der Waals surface area (Å²) < 4.78 is 0. The van der Waals surface area contributed by atoms with E-state index >= 15 is 0 Å². The number of carbonyl (C=O) groups excluding carboxylic acids is 2. The molecule has 1 aromatic heterocycles. The fourth-order valence-corrected chi connectivity index (χ4v) is 0.920. The highest BCUT2D eigenvalue weighted by Gasteiger charge is 2.03. The van der Waals surface area contributed by atoms with Crippen molar-refractivity contribution in [2.24, 2.45) is 0 Å². The molecule has 0 radical (unpaired) electrons. The highest BCUT2D eigenvalue weighted by molar-refractivity contribution is 5.90. The first-order valence-corrected chi connectivity index (χ1v) is 5.07. The van der Waals surface area contributed by atoms with Crippen molar-refractivity contribution < 1.29 is 9.59 Å². The molecule has 0 aliphatic heterocycles. The molecule has 0 bridgehead atoms. The molecule has 2 N–H and O–H groups in total. The highest BCUT2D eigenvalue weighted by Crippen LogP contribution is 2.05. The summed E-state index contributed by atoms with van der Waals surface area (Å²) in [7, 11) is 0. The third-order valence-electron chi connectivity index (χ3n) is 1.83. The van der Waals surface area contributed by atoms with Gasteiger partial charge in [-0.25, -0.2) is 9.97 Å². The normalized spacial score (nSPS) is 9.62. The van der Waals surface area contributed by atoms with E-state index in [1.54, 1.807) is 13.8 Å². The van der Waals surface area contributed by atoms with Gasteiger partial charge in [0.2, 0.25) is 11.8 Å². The summed E-state index contributed by atoms with van der Waals surface area (Å²) in [5.74, 6) is 0.502. The van der Waals surface area contributed by atoms with Gasteiger partial charge in [-0.15, -0.1) is 0 Å². The molecule has 1 aromatic rings. The molecule has 1 rings (SSSR count). The first-order valence-electron chi connectivity index (χ1n) is 5.07. The Hall–Kier alpha value is -1.98. The lowest BCUT2D eigenvalue weighted by molar-refractivity contribution is -0.116. The number of nitrogens with zero attached hydrogens (tertiary/aromatic N) is 2. The van der Waals surface area contributed by atoms with Crippen molar-refractivity contribution in [1.82, 2.24) is 9.97 Å². The molecule has 0 aromatic carbocycles. The van der Waals surface area contributed by atoms with Crippen LogP contribution in [0.4, 0.5) is 11.6 Å². The van der Waals surface area contributed by atoms with Crippen LogP contribution in [0.3, 0.4) is 0 Å². The van der Waals surface area contributed by atoms with E-state index in [1.165, 1.54) is 12.4 Å². The number of carbonyl (C=O) groups is 2. The fourth-order valence-electron chi connectivity index (χ4n) is 0.920. The quantitative estimate of drug-likeness (QED) is 0.801. The molecule has 2 amide bonds. The minimum absolute atomic E-state index is 0.125. The molecule has 0 saturated heterocycles. The third kappa shape index (κ3) is 3.64. The van der Waals surface area contributed by atoms with E-state index in [4.69, 9.17) is 0 Å². The van der Waals surface area contributed by atoms with Gasteiger partial charge in [0.25, 0.3) is 0 Å². The van der Waals surface area contributed by atoms with Gasteiger partial charge >= 0.3 is 0 Å². The lowest BCUT2D eigenvalue weighted by atomic mass is 10.4. The monoisotopic (exact) mass is 222 g/mol. The predicted molar refractivity (Wildman–Crippen MR) is 59.9 cm³/mol. The van der Waals surface area contributed by atoms with Gasteiger partial charge in [0.1, 0.15) is 0 Å². The number of amides is 2. The predicted octanol–water partition coefficient (Wildman–Crippen LogP) is 1.17. The molecule has 0 fully saturated rings. The van der Waals surface area contributed by atoms with Crippen LogP contribution in [-0.4, -0.2) is 21.8 Å². The minimum atomic E-state index is -0.125. The summed E-state index contributed by atoms with van der Waals surface area (Å²) >= 11 is 0. The van der Waals surface area contributed by atoms with Crippen LogP contribution < -0.4 is 10.6 Å². The second-order valence-corrected chi connectivity index (χ2v) is 3.09. The number of anilines is 2. The summed E-state index contributed by atoms with van der Waals surface area (Å²) in [6.45, 7) is 3.50. The van der Waals surface area contributed by atoms with Crippen LogP contribution in [0.15, 0.2) is 12.4 Å². The topological polar surface area (TPSA) is 84.0 Å². The minimum Gasteiger partial charge on any atom is -0.309 e. The lowest BCUT2D eigenvalue weighted by Gasteiger charge is -2.04. The Kier molecular flexibility index (Phi) is 4.38. The maximum Gasteiger partial charge on any atom is 0.225 e. The number of nitrogens with one attached hydrogen (secondary N) is 2. The third-order valence-corrected chi connectivity index (χ3v) is 1.83. The Bertz CT molecular complexity index is 338.